The standard InChI is InChI=1S/C7H13FOS/c8-7(5-9)6-1-3-10-4-2-6/h6-7,9H,1-5H2. The first-order valence-electron chi connectivity index (χ1n) is 3.67. The molecule has 1 unspecified atom stereocenters. The van der Waals surface area contributed by atoms with Gasteiger partial charge < -0.3 is 5.11 Å². The summed E-state index contributed by atoms with van der Waals surface area (Å²) >= 11 is 1.88. The lowest BCUT2D eigenvalue weighted by Gasteiger charge is -2.23. The molecule has 1 atom stereocenters. The van der Waals surface area contributed by atoms with E-state index in [0.29, 0.717) is 0 Å². The van der Waals surface area contributed by atoms with Crippen molar-refractivity contribution in [3.8, 4) is 0 Å². The summed E-state index contributed by atoms with van der Waals surface area (Å²) in [5.41, 5.74) is 0. The quantitative estimate of drug-likeness (QED) is 0.666. The Labute approximate surface area is 65.0 Å². The summed E-state index contributed by atoms with van der Waals surface area (Å²) in [4.78, 5) is 0. The summed E-state index contributed by atoms with van der Waals surface area (Å²) in [6.07, 6.45) is 0.902. The molecule has 1 nitrogen and oxygen atoms in total. The predicted octanol–water partition coefficient (Wildman–Crippen LogP) is 1.46. The van der Waals surface area contributed by atoms with E-state index in [1.165, 1.54) is 0 Å². The number of thioether (sulfide) groups is 1. The number of aliphatic hydroxyl groups excluding tert-OH is 1. The van der Waals surface area contributed by atoms with Gasteiger partial charge in [0.2, 0.25) is 0 Å². The fourth-order valence-corrected chi connectivity index (χ4v) is 2.37. The monoisotopic (exact) mass is 164 g/mol. The molecule has 3 heteroatoms. The molecule has 0 saturated carbocycles. The second-order valence-corrected chi connectivity index (χ2v) is 3.87. The molecule has 10 heavy (non-hydrogen) atoms. The molecule has 0 spiro atoms. The number of hydrogen-bond donors (Lipinski definition) is 1. The van der Waals surface area contributed by atoms with Crippen molar-refractivity contribution in [2.75, 3.05) is 18.1 Å². The van der Waals surface area contributed by atoms with E-state index in [0.717, 1.165) is 24.3 Å². The zero-order valence-corrected chi connectivity index (χ0v) is 6.74. The molecule has 0 aromatic carbocycles. The van der Waals surface area contributed by atoms with E-state index in [-0.39, 0.29) is 12.5 Å². The van der Waals surface area contributed by atoms with Crippen LogP contribution in [0.1, 0.15) is 12.8 Å². The van der Waals surface area contributed by atoms with E-state index in [9.17, 15) is 4.39 Å². The van der Waals surface area contributed by atoms with Crippen molar-refractivity contribution in [1.82, 2.24) is 0 Å². The molecule has 1 aliphatic heterocycles. The molecule has 1 aliphatic rings. The topological polar surface area (TPSA) is 20.2 Å². The Bertz CT molecular complexity index is 93.6. The molecule has 1 heterocycles. The highest BCUT2D eigenvalue weighted by Gasteiger charge is 2.22. The van der Waals surface area contributed by atoms with Crippen molar-refractivity contribution >= 4 is 11.8 Å². The van der Waals surface area contributed by atoms with Crippen LogP contribution in [-0.2, 0) is 0 Å². The van der Waals surface area contributed by atoms with Crippen LogP contribution in [0.25, 0.3) is 0 Å². The molecular formula is C7H13FOS. The smallest absolute Gasteiger partial charge is 0.126 e. The Kier molecular flexibility index (Phi) is 3.49. The third-order valence-electron chi connectivity index (χ3n) is 1.95. The minimum absolute atomic E-state index is 0.131. The van der Waals surface area contributed by atoms with E-state index in [1.54, 1.807) is 0 Å². The molecule has 0 aromatic heterocycles. The minimum Gasteiger partial charge on any atom is -0.393 e. The van der Waals surface area contributed by atoms with Gasteiger partial charge in [-0.15, -0.1) is 0 Å². The maximum absolute atomic E-state index is 12.8. The highest BCUT2D eigenvalue weighted by molar-refractivity contribution is 7.99. The third kappa shape index (κ3) is 2.13. The maximum Gasteiger partial charge on any atom is 0.126 e. The first-order chi connectivity index (χ1) is 4.84. The number of halogens is 1. The number of aliphatic hydroxyl groups is 1. The molecule has 1 fully saturated rings. The summed E-state index contributed by atoms with van der Waals surface area (Å²) in [5, 5.41) is 8.51. The largest absolute Gasteiger partial charge is 0.393 e. The maximum atomic E-state index is 12.8. The molecule has 60 valence electrons. The van der Waals surface area contributed by atoms with Crippen molar-refractivity contribution in [1.29, 1.82) is 0 Å². The molecule has 1 rings (SSSR count). The van der Waals surface area contributed by atoms with Gasteiger partial charge in [0.05, 0.1) is 6.61 Å². The number of hydrogen-bond acceptors (Lipinski definition) is 2. The van der Waals surface area contributed by atoms with Gasteiger partial charge in [-0.05, 0) is 30.3 Å². The minimum atomic E-state index is -0.971. The first-order valence-corrected chi connectivity index (χ1v) is 4.82. The van der Waals surface area contributed by atoms with Gasteiger partial charge in [0.15, 0.2) is 0 Å². The molecule has 0 aromatic rings. The highest BCUT2D eigenvalue weighted by Crippen LogP contribution is 2.26. The molecule has 0 amide bonds. The second-order valence-electron chi connectivity index (χ2n) is 2.65. The van der Waals surface area contributed by atoms with Gasteiger partial charge >= 0.3 is 0 Å². The third-order valence-corrected chi connectivity index (χ3v) is 3.00. The fourth-order valence-electron chi connectivity index (χ4n) is 1.23. The van der Waals surface area contributed by atoms with E-state index < -0.39 is 6.17 Å². The predicted molar refractivity (Wildman–Crippen MR) is 42.0 cm³/mol. The highest BCUT2D eigenvalue weighted by atomic mass is 32.2. The van der Waals surface area contributed by atoms with Gasteiger partial charge in [-0.3, -0.25) is 0 Å². The van der Waals surface area contributed by atoms with Crippen LogP contribution in [0.2, 0.25) is 0 Å². The van der Waals surface area contributed by atoms with Crippen molar-refractivity contribution in [3.63, 3.8) is 0 Å². The summed E-state index contributed by atoms with van der Waals surface area (Å²) < 4.78 is 12.8. The van der Waals surface area contributed by atoms with E-state index in [2.05, 4.69) is 0 Å². The van der Waals surface area contributed by atoms with Gasteiger partial charge in [0, 0.05) is 0 Å². The van der Waals surface area contributed by atoms with Crippen LogP contribution in [-0.4, -0.2) is 29.4 Å². The summed E-state index contributed by atoms with van der Waals surface area (Å²) in [5.74, 6) is 2.25. The fraction of sp³-hybridized carbons (Fsp3) is 1.00. The van der Waals surface area contributed by atoms with Crippen LogP contribution in [0.5, 0.6) is 0 Å². The molecule has 0 aliphatic carbocycles. The molecule has 1 saturated heterocycles. The van der Waals surface area contributed by atoms with E-state index >= 15 is 0 Å². The molecule has 1 N–H and O–H groups in total. The number of rotatable bonds is 2. The Morgan fingerprint density at radius 2 is 2.10 bits per heavy atom. The SMILES string of the molecule is OCC(F)C1CCSCC1. The average Bonchev–Trinajstić information content (AvgIpc) is 2.05. The van der Waals surface area contributed by atoms with Crippen molar-refractivity contribution in [3.05, 3.63) is 0 Å². The normalized spacial score (nSPS) is 24.6. The zero-order chi connectivity index (χ0) is 7.40. The van der Waals surface area contributed by atoms with Crippen molar-refractivity contribution in [2.45, 2.75) is 19.0 Å². The van der Waals surface area contributed by atoms with Gasteiger partial charge in [0.1, 0.15) is 6.17 Å². The molecule has 0 radical (unpaired) electrons. The van der Waals surface area contributed by atoms with Gasteiger partial charge in [-0.25, -0.2) is 4.39 Å². The number of alkyl halides is 1. The molecule has 0 bridgehead atoms. The Balaban J connectivity index is 2.24. The van der Waals surface area contributed by atoms with Gasteiger partial charge in [-0.2, -0.15) is 11.8 Å². The first kappa shape index (κ1) is 8.34. The van der Waals surface area contributed by atoms with Crippen LogP contribution in [0.15, 0.2) is 0 Å². The average molecular weight is 164 g/mol. The lowest BCUT2D eigenvalue weighted by Crippen LogP contribution is -2.23. The molecular weight excluding hydrogens is 151 g/mol. The summed E-state index contributed by atoms with van der Waals surface area (Å²) in [6.45, 7) is -0.296. The van der Waals surface area contributed by atoms with E-state index in [1.807, 2.05) is 11.8 Å². The second kappa shape index (κ2) is 4.19. The van der Waals surface area contributed by atoms with Crippen LogP contribution in [0.4, 0.5) is 4.39 Å². The Hall–Kier alpha value is 0.240. The van der Waals surface area contributed by atoms with Crippen LogP contribution in [0, 0.1) is 5.92 Å². The van der Waals surface area contributed by atoms with Crippen molar-refractivity contribution in [2.24, 2.45) is 5.92 Å². The Morgan fingerprint density at radius 3 is 2.60 bits per heavy atom. The summed E-state index contributed by atoms with van der Waals surface area (Å²) in [6, 6.07) is 0. The lowest BCUT2D eigenvalue weighted by molar-refractivity contribution is 0.121. The van der Waals surface area contributed by atoms with Crippen molar-refractivity contribution < 1.29 is 9.50 Å². The van der Waals surface area contributed by atoms with Crippen LogP contribution >= 0.6 is 11.8 Å². The zero-order valence-electron chi connectivity index (χ0n) is 5.92. The van der Waals surface area contributed by atoms with Crippen LogP contribution < -0.4 is 0 Å². The summed E-state index contributed by atoms with van der Waals surface area (Å²) in [7, 11) is 0. The Morgan fingerprint density at radius 1 is 1.50 bits per heavy atom. The van der Waals surface area contributed by atoms with Gasteiger partial charge in [-0.1, -0.05) is 0 Å². The van der Waals surface area contributed by atoms with Gasteiger partial charge in [0.25, 0.3) is 0 Å². The van der Waals surface area contributed by atoms with E-state index in [4.69, 9.17) is 5.11 Å². The van der Waals surface area contributed by atoms with Crippen LogP contribution in [0.3, 0.4) is 0 Å². The lowest BCUT2D eigenvalue weighted by atomic mass is 9.98.